The Balaban J connectivity index is 2.19. The summed E-state index contributed by atoms with van der Waals surface area (Å²) in [7, 11) is 0. The number of non-ortho nitro benzene ring substituents is 1. The molecule has 0 aliphatic rings. The summed E-state index contributed by atoms with van der Waals surface area (Å²) in [5.74, 6) is -1.21. The molecule has 1 heterocycles. The summed E-state index contributed by atoms with van der Waals surface area (Å²) in [6, 6.07) is 3.07. The number of fused-ring (bicyclic) bond motifs is 1. The van der Waals surface area contributed by atoms with Gasteiger partial charge in [0.2, 0.25) is 0 Å². The number of hydrogen-bond acceptors (Lipinski definition) is 5. The van der Waals surface area contributed by atoms with Crippen LogP contribution in [0.25, 0.3) is 10.9 Å². The van der Waals surface area contributed by atoms with Crippen LogP contribution in [0, 0.1) is 10.1 Å². The van der Waals surface area contributed by atoms with Crippen molar-refractivity contribution in [2.24, 2.45) is 0 Å². The van der Waals surface area contributed by atoms with Crippen LogP contribution in [0.5, 0.6) is 0 Å². The van der Waals surface area contributed by atoms with E-state index < -0.39 is 28.6 Å². The number of aromatic nitrogens is 1. The van der Waals surface area contributed by atoms with E-state index in [0.717, 1.165) is 0 Å². The van der Waals surface area contributed by atoms with Gasteiger partial charge >= 0.3 is 12.1 Å². The number of rotatable bonds is 5. The standard InChI is InChI=1S/C16H19N3O6/c1-16(2,3)25-15(22)18-13(14(20)21)6-9-8-17-12-7-10(19(23)24)4-5-11(9)12/h4-5,7-8,13,17H,6H2,1-3H3,(H,18,22)(H,20,21). The van der Waals surface area contributed by atoms with Crippen LogP contribution in [-0.2, 0) is 16.0 Å². The third kappa shape index (κ3) is 4.69. The Morgan fingerprint density at radius 3 is 2.64 bits per heavy atom. The summed E-state index contributed by atoms with van der Waals surface area (Å²) in [4.78, 5) is 36.4. The largest absolute Gasteiger partial charge is 0.480 e. The van der Waals surface area contributed by atoms with E-state index >= 15 is 0 Å². The van der Waals surface area contributed by atoms with Crippen LogP contribution in [0.1, 0.15) is 26.3 Å². The third-order valence-electron chi connectivity index (χ3n) is 3.37. The van der Waals surface area contributed by atoms with Crippen molar-refractivity contribution in [1.82, 2.24) is 10.3 Å². The Morgan fingerprint density at radius 2 is 2.08 bits per heavy atom. The lowest BCUT2D eigenvalue weighted by atomic mass is 10.0. The SMILES string of the molecule is CC(C)(C)OC(=O)NC(Cc1c[nH]c2cc([N+](=O)[O-])ccc12)C(=O)O. The maximum Gasteiger partial charge on any atom is 0.408 e. The molecule has 0 saturated heterocycles. The number of benzene rings is 1. The molecule has 1 unspecified atom stereocenters. The monoisotopic (exact) mass is 349 g/mol. The molecule has 1 aromatic heterocycles. The van der Waals surface area contributed by atoms with Gasteiger partial charge in [-0.25, -0.2) is 9.59 Å². The number of nitrogens with zero attached hydrogens (tertiary/aromatic N) is 1. The van der Waals surface area contributed by atoms with E-state index in [2.05, 4.69) is 10.3 Å². The highest BCUT2D eigenvalue weighted by Gasteiger charge is 2.25. The van der Waals surface area contributed by atoms with Gasteiger partial charge in [-0.15, -0.1) is 0 Å². The van der Waals surface area contributed by atoms with Gasteiger partial charge in [-0.05, 0) is 32.4 Å². The van der Waals surface area contributed by atoms with Gasteiger partial charge in [0.05, 0.1) is 10.4 Å². The lowest BCUT2D eigenvalue weighted by molar-refractivity contribution is -0.384. The summed E-state index contributed by atoms with van der Waals surface area (Å²) in [6.45, 7) is 5.03. The van der Waals surface area contributed by atoms with Gasteiger partial charge in [-0.1, -0.05) is 0 Å². The van der Waals surface area contributed by atoms with Crippen molar-refractivity contribution in [3.8, 4) is 0 Å². The maximum atomic E-state index is 11.8. The van der Waals surface area contributed by atoms with E-state index in [1.165, 1.54) is 12.1 Å². The molecule has 9 heteroatoms. The van der Waals surface area contributed by atoms with E-state index in [1.54, 1.807) is 33.0 Å². The van der Waals surface area contributed by atoms with Crippen LogP contribution in [0.4, 0.5) is 10.5 Å². The van der Waals surface area contributed by atoms with Crippen molar-refractivity contribution in [1.29, 1.82) is 0 Å². The molecule has 0 bridgehead atoms. The number of nitro benzene ring substituents is 1. The summed E-state index contributed by atoms with van der Waals surface area (Å²) < 4.78 is 5.07. The molecular formula is C16H19N3O6. The number of carbonyl (C=O) groups excluding carboxylic acids is 1. The Hall–Kier alpha value is -3.10. The highest BCUT2D eigenvalue weighted by molar-refractivity contribution is 5.87. The first-order valence-electron chi connectivity index (χ1n) is 7.53. The lowest BCUT2D eigenvalue weighted by Crippen LogP contribution is -2.44. The van der Waals surface area contributed by atoms with Crippen LogP contribution in [-0.4, -0.2) is 38.7 Å². The van der Waals surface area contributed by atoms with Crippen molar-refractivity contribution in [3.05, 3.63) is 40.1 Å². The van der Waals surface area contributed by atoms with Gasteiger partial charge in [0.1, 0.15) is 11.6 Å². The molecule has 0 saturated carbocycles. The molecule has 25 heavy (non-hydrogen) atoms. The number of H-pyrrole nitrogens is 1. The molecule has 134 valence electrons. The second-order valence-corrected chi connectivity index (χ2v) is 6.54. The molecule has 0 aliphatic carbocycles. The van der Waals surface area contributed by atoms with Crippen LogP contribution in [0.3, 0.4) is 0 Å². The number of nitro groups is 1. The van der Waals surface area contributed by atoms with Crippen molar-refractivity contribution in [2.75, 3.05) is 0 Å². The number of aliphatic carboxylic acids is 1. The first kappa shape index (κ1) is 18.2. The number of ether oxygens (including phenoxy) is 1. The zero-order chi connectivity index (χ0) is 18.8. The van der Waals surface area contributed by atoms with Gasteiger partial charge < -0.3 is 20.1 Å². The number of nitrogens with one attached hydrogen (secondary N) is 2. The zero-order valence-corrected chi connectivity index (χ0v) is 14.0. The molecule has 2 rings (SSSR count). The van der Waals surface area contributed by atoms with Gasteiger partial charge in [0.25, 0.3) is 5.69 Å². The second-order valence-electron chi connectivity index (χ2n) is 6.54. The van der Waals surface area contributed by atoms with Gasteiger partial charge in [-0.3, -0.25) is 10.1 Å². The number of carboxylic acids is 1. The Kier molecular flexibility index (Phi) is 4.96. The second kappa shape index (κ2) is 6.80. The molecule has 0 aliphatic heterocycles. The molecule has 9 nitrogen and oxygen atoms in total. The average Bonchev–Trinajstić information content (AvgIpc) is 2.86. The fourth-order valence-corrected chi connectivity index (χ4v) is 2.33. The summed E-state index contributed by atoms with van der Waals surface area (Å²) in [5, 5.41) is 23.1. The Bertz CT molecular complexity index is 821. The van der Waals surface area contributed by atoms with Crippen LogP contribution >= 0.6 is 0 Å². The average molecular weight is 349 g/mol. The molecule has 3 N–H and O–H groups in total. The fourth-order valence-electron chi connectivity index (χ4n) is 2.33. The molecule has 1 atom stereocenters. The Morgan fingerprint density at radius 1 is 1.40 bits per heavy atom. The lowest BCUT2D eigenvalue weighted by Gasteiger charge is -2.21. The Labute approximate surface area is 143 Å². The number of alkyl carbamates (subject to hydrolysis) is 1. The van der Waals surface area contributed by atoms with Gasteiger partial charge in [0.15, 0.2) is 0 Å². The van der Waals surface area contributed by atoms with E-state index in [0.29, 0.717) is 16.5 Å². The quantitative estimate of drug-likeness (QED) is 0.561. The number of carbonyl (C=O) groups is 2. The summed E-state index contributed by atoms with van der Waals surface area (Å²) >= 11 is 0. The summed E-state index contributed by atoms with van der Waals surface area (Å²) in [5.41, 5.74) is 0.328. The molecule has 1 aromatic carbocycles. The minimum absolute atomic E-state index is 0.00634. The predicted octanol–water partition coefficient (Wildman–Crippen LogP) is 2.60. The minimum Gasteiger partial charge on any atom is -0.480 e. The molecule has 1 amide bonds. The maximum absolute atomic E-state index is 11.8. The molecule has 0 spiro atoms. The van der Waals surface area contributed by atoms with Crippen LogP contribution in [0.15, 0.2) is 24.4 Å². The van der Waals surface area contributed by atoms with Crippen molar-refractivity contribution in [2.45, 2.75) is 38.8 Å². The summed E-state index contributed by atoms with van der Waals surface area (Å²) in [6.07, 6.45) is 0.753. The number of amides is 1. The minimum atomic E-state index is -1.21. The van der Waals surface area contributed by atoms with E-state index in [-0.39, 0.29) is 12.1 Å². The highest BCUT2D eigenvalue weighted by Crippen LogP contribution is 2.24. The zero-order valence-electron chi connectivity index (χ0n) is 14.0. The molecule has 0 fully saturated rings. The van der Waals surface area contributed by atoms with Crippen LogP contribution < -0.4 is 5.32 Å². The van der Waals surface area contributed by atoms with Gasteiger partial charge in [0, 0.05) is 30.1 Å². The molecular weight excluding hydrogens is 330 g/mol. The topological polar surface area (TPSA) is 135 Å². The van der Waals surface area contributed by atoms with Crippen molar-refractivity contribution < 1.29 is 24.4 Å². The third-order valence-corrected chi connectivity index (χ3v) is 3.37. The normalized spacial score (nSPS) is 12.6. The van der Waals surface area contributed by atoms with E-state index in [1.807, 2.05) is 0 Å². The fraction of sp³-hybridized carbons (Fsp3) is 0.375. The van der Waals surface area contributed by atoms with Crippen molar-refractivity contribution in [3.63, 3.8) is 0 Å². The predicted molar refractivity (Wildman–Crippen MR) is 89.5 cm³/mol. The smallest absolute Gasteiger partial charge is 0.408 e. The van der Waals surface area contributed by atoms with Gasteiger partial charge in [-0.2, -0.15) is 0 Å². The number of carboxylic acid groups (broad SMARTS) is 1. The first-order chi connectivity index (χ1) is 11.6. The first-order valence-corrected chi connectivity index (χ1v) is 7.53. The molecule has 0 radical (unpaired) electrons. The number of hydrogen-bond donors (Lipinski definition) is 3. The van der Waals surface area contributed by atoms with E-state index in [4.69, 9.17) is 4.74 Å². The highest BCUT2D eigenvalue weighted by atomic mass is 16.6. The molecule has 2 aromatic rings. The number of aromatic amines is 1. The van der Waals surface area contributed by atoms with E-state index in [9.17, 15) is 24.8 Å². The van der Waals surface area contributed by atoms with Crippen LogP contribution in [0.2, 0.25) is 0 Å². The van der Waals surface area contributed by atoms with Crippen molar-refractivity contribution >= 4 is 28.7 Å².